The fourth-order valence-corrected chi connectivity index (χ4v) is 1.68. The molecule has 0 unspecified atom stereocenters. The minimum absolute atomic E-state index is 0.159. The second-order valence-corrected chi connectivity index (χ2v) is 4.54. The minimum atomic E-state index is -1.02. The first-order chi connectivity index (χ1) is 8.91. The Bertz CT molecular complexity index is 442. The van der Waals surface area contributed by atoms with Gasteiger partial charge in [-0.2, -0.15) is 5.10 Å². The normalized spacial score (nSPS) is 10.5. The average molecular weight is 268 g/mol. The molecule has 1 rings (SSSR count). The van der Waals surface area contributed by atoms with Gasteiger partial charge in [0.25, 0.3) is 0 Å². The maximum absolute atomic E-state index is 11.9. The highest BCUT2D eigenvalue weighted by Crippen LogP contribution is 2.00. The van der Waals surface area contributed by atoms with Crippen molar-refractivity contribution in [1.29, 1.82) is 0 Å². The number of aliphatic carboxylic acids is 1. The van der Waals surface area contributed by atoms with Crippen LogP contribution in [0.2, 0.25) is 0 Å². The molecule has 1 aromatic rings. The highest BCUT2D eigenvalue weighted by molar-refractivity contribution is 5.80. The molecule has 0 saturated carbocycles. The molecule has 19 heavy (non-hydrogen) atoms. The van der Waals surface area contributed by atoms with Crippen LogP contribution >= 0.6 is 0 Å². The van der Waals surface area contributed by atoms with Gasteiger partial charge >= 0.3 is 12.0 Å². The first kappa shape index (κ1) is 15.0. The molecule has 0 atom stereocenters. The van der Waals surface area contributed by atoms with Gasteiger partial charge in [0.2, 0.25) is 0 Å². The lowest BCUT2D eigenvalue weighted by Gasteiger charge is -2.25. The van der Waals surface area contributed by atoms with Crippen LogP contribution in [0.4, 0.5) is 4.79 Å². The molecule has 2 N–H and O–H groups in total. The molecule has 0 aliphatic carbocycles. The molecule has 0 aliphatic heterocycles. The van der Waals surface area contributed by atoms with Gasteiger partial charge in [-0.1, -0.05) is 0 Å². The van der Waals surface area contributed by atoms with Gasteiger partial charge in [0, 0.05) is 37.9 Å². The van der Waals surface area contributed by atoms with E-state index < -0.39 is 5.97 Å². The maximum Gasteiger partial charge on any atom is 0.323 e. The molecular formula is C12H20N4O3. The Labute approximate surface area is 112 Å². The van der Waals surface area contributed by atoms with Gasteiger partial charge in [-0.25, -0.2) is 4.79 Å². The van der Waals surface area contributed by atoms with Crippen molar-refractivity contribution in [3.8, 4) is 0 Å². The number of carbonyl (C=O) groups excluding carboxylic acids is 1. The number of urea groups is 1. The van der Waals surface area contributed by atoms with E-state index in [0.717, 1.165) is 5.69 Å². The number of hydrogen-bond donors (Lipinski definition) is 2. The molecule has 7 heteroatoms. The quantitative estimate of drug-likeness (QED) is 0.785. The fraction of sp³-hybridized carbons (Fsp3) is 0.583. The van der Waals surface area contributed by atoms with E-state index in [9.17, 15) is 9.59 Å². The molecule has 7 nitrogen and oxygen atoms in total. The summed E-state index contributed by atoms with van der Waals surface area (Å²) >= 11 is 0. The minimum Gasteiger partial charge on any atom is -0.480 e. The maximum atomic E-state index is 11.9. The molecule has 2 amide bonds. The Kier molecular flexibility index (Phi) is 5.35. The standard InChI is InChI=1S/C12H20N4O3/c1-9(2)16(8-11(17)18)12(19)13-6-4-10-5-7-14-15(10)3/h5,7,9H,4,6,8H2,1-3H3,(H,13,19)(H,17,18). The number of nitrogens with one attached hydrogen (secondary N) is 1. The number of rotatable bonds is 6. The van der Waals surface area contributed by atoms with E-state index in [-0.39, 0.29) is 18.6 Å². The van der Waals surface area contributed by atoms with Crippen LogP contribution in [-0.2, 0) is 18.3 Å². The molecule has 0 saturated heterocycles. The molecule has 0 aliphatic rings. The van der Waals surface area contributed by atoms with E-state index >= 15 is 0 Å². The summed E-state index contributed by atoms with van der Waals surface area (Å²) in [7, 11) is 1.84. The summed E-state index contributed by atoms with van der Waals surface area (Å²) in [6.45, 7) is 3.71. The first-order valence-electron chi connectivity index (χ1n) is 6.15. The van der Waals surface area contributed by atoms with Crippen molar-refractivity contribution < 1.29 is 14.7 Å². The molecule has 0 radical (unpaired) electrons. The number of amides is 2. The van der Waals surface area contributed by atoms with E-state index in [1.165, 1.54) is 4.90 Å². The zero-order valence-corrected chi connectivity index (χ0v) is 11.5. The van der Waals surface area contributed by atoms with Crippen molar-refractivity contribution in [2.75, 3.05) is 13.1 Å². The summed E-state index contributed by atoms with van der Waals surface area (Å²) in [5.41, 5.74) is 1.01. The average Bonchev–Trinajstić information content (AvgIpc) is 2.71. The summed E-state index contributed by atoms with van der Waals surface area (Å²) in [5.74, 6) is -1.02. The van der Waals surface area contributed by atoms with Crippen LogP contribution in [0.3, 0.4) is 0 Å². The van der Waals surface area contributed by atoms with Crippen molar-refractivity contribution in [2.45, 2.75) is 26.3 Å². The lowest BCUT2D eigenvalue weighted by Crippen LogP contribution is -2.47. The van der Waals surface area contributed by atoms with Gasteiger partial charge in [0.15, 0.2) is 0 Å². The molecule has 1 aromatic heterocycles. The fourth-order valence-electron chi connectivity index (χ4n) is 1.68. The van der Waals surface area contributed by atoms with E-state index in [2.05, 4.69) is 10.4 Å². The van der Waals surface area contributed by atoms with Crippen LogP contribution < -0.4 is 5.32 Å². The van der Waals surface area contributed by atoms with Gasteiger partial charge in [-0.3, -0.25) is 9.48 Å². The summed E-state index contributed by atoms with van der Waals surface area (Å²) in [6, 6.07) is 1.36. The second-order valence-electron chi connectivity index (χ2n) is 4.54. The summed E-state index contributed by atoms with van der Waals surface area (Å²) in [5, 5.41) is 15.5. The number of carboxylic acids is 1. The third kappa shape index (κ3) is 4.61. The molecule has 106 valence electrons. The number of carbonyl (C=O) groups is 2. The van der Waals surface area contributed by atoms with E-state index in [1.807, 2.05) is 13.1 Å². The number of hydrogen-bond acceptors (Lipinski definition) is 3. The third-order valence-electron chi connectivity index (χ3n) is 2.77. The van der Waals surface area contributed by atoms with Crippen molar-refractivity contribution in [3.05, 3.63) is 18.0 Å². The summed E-state index contributed by atoms with van der Waals surface area (Å²) < 4.78 is 1.74. The lowest BCUT2D eigenvalue weighted by atomic mass is 10.3. The Morgan fingerprint density at radius 2 is 2.21 bits per heavy atom. The monoisotopic (exact) mass is 268 g/mol. The third-order valence-corrected chi connectivity index (χ3v) is 2.77. The number of aromatic nitrogens is 2. The zero-order valence-electron chi connectivity index (χ0n) is 11.5. The Balaban J connectivity index is 2.44. The highest BCUT2D eigenvalue weighted by atomic mass is 16.4. The molecule has 0 aromatic carbocycles. The topological polar surface area (TPSA) is 87.5 Å². The van der Waals surface area contributed by atoms with Crippen LogP contribution in [0.1, 0.15) is 19.5 Å². The van der Waals surface area contributed by atoms with Crippen molar-refractivity contribution >= 4 is 12.0 Å². The largest absolute Gasteiger partial charge is 0.480 e. The molecule has 0 fully saturated rings. The lowest BCUT2D eigenvalue weighted by molar-refractivity contribution is -0.138. The Morgan fingerprint density at radius 1 is 1.53 bits per heavy atom. The van der Waals surface area contributed by atoms with Crippen LogP contribution in [0, 0.1) is 0 Å². The number of aryl methyl sites for hydroxylation is 1. The predicted molar refractivity (Wildman–Crippen MR) is 69.8 cm³/mol. The predicted octanol–water partition coefficient (Wildman–Crippen LogP) is 0.467. The SMILES string of the molecule is CC(C)N(CC(=O)O)C(=O)NCCc1ccnn1C. The van der Waals surface area contributed by atoms with E-state index in [1.54, 1.807) is 24.7 Å². The zero-order chi connectivity index (χ0) is 14.4. The van der Waals surface area contributed by atoms with Gasteiger partial charge < -0.3 is 15.3 Å². The van der Waals surface area contributed by atoms with E-state index in [4.69, 9.17) is 5.11 Å². The molecule has 1 heterocycles. The number of nitrogens with zero attached hydrogens (tertiary/aromatic N) is 3. The van der Waals surface area contributed by atoms with Crippen LogP contribution in [0.15, 0.2) is 12.3 Å². The Hall–Kier alpha value is -2.05. The van der Waals surface area contributed by atoms with Gasteiger partial charge in [0.05, 0.1) is 0 Å². The summed E-state index contributed by atoms with van der Waals surface area (Å²) in [4.78, 5) is 23.8. The number of carboxylic acid groups (broad SMARTS) is 1. The smallest absolute Gasteiger partial charge is 0.323 e. The van der Waals surface area contributed by atoms with Crippen molar-refractivity contribution in [1.82, 2.24) is 20.0 Å². The molecular weight excluding hydrogens is 248 g/mol. The van der Waals surface area contributed by atoms with Gasteiger partial charge in [-0.05, 0) is 19.9 Å². The van der Waals surface area contributed by atoms with Crippen LogP contribution in [-0.4, -0.2) is 50.9 Å². The van der Waals surface area contributed by atoms with Crippen LogP contribution in [0.25, 0.3) is 0 Å². The summed E-state index contributed by atoms with van der Waals surface area (Å²) in [6.07, 6.45) is 2.35. The second kappa shape index (κ2) is 6.77. The Morgan fingerprint density at radius 3 is 2.68 bits per heavy atom. The molecule has 0 spiro atoms. The van der Waals surface area contributed by atoms with Gasteiger partial charge in [0.1, 0.15) is 6.54 Å². The van der Waals surface area contributed by atoms with Crippen molar-refractivity contribution in [2.24, 2.45) is 7.05 Å². The van der Waals surface area contributed by atoms with E-state index in [0.29, 0.717) is 13.0 Å². The van der Waals surface area contributed by atoms with Crippen LogP contribution in [0.5, 0.6) is 0 Å². The van der Waals surface area contributed by atoms with Gasteiger partial charge in [-0.15, -0.1) is 0 Å². The molecule has 0 bridgehead atoms. The highest BCUT2D eigenvalue weighted by Gasteiger charge is 2.19. The van der Waals surface area contributed by atoms with Crippen molar-refractivity contribution in [3.63, 3.8) is 0 Å². The first-order valence-corrected chi connectivity index (χ1v) is 6.15.